The number of halogens is 6. The Balaban J connectivity index is 1.51. The van der Waals surface area contributed by atoms with Gasteiger partial charge < -0.3 is 13.9 Å². The van der Waals surface area contributed by atoms with Gasteiger partial charge in [0.2, 0.25) is 0 Å². The third kappa shape index (κ3) is 5.40. The molecule has 232 valence electrons. The third-order valence-corrected chi connectivity index (χ3v) is 10.5. The van der Waals surface area contributed by atoms with Crippen LogP contribution in [0.25, 0.3) is 39.4 Å². The van der Waals surface area contributed by atoms with E-state index in [1.165, 1.54) is 30.5 Å². The number of aryl methyl sites for hydroxylation is 1. The van der Waals surface area contributed by atoms with Crippen LogP contribution in [0.4, 0.5) is 26.3 Å². The molecule has 1 aliphatic rings. The van der Waals surface area contributed by atoms with Crippen LogP contribution in [0, 0.1) is 0 Å². The highest BCUT2D eigenvalue weighted by Gasteiger charge is 2.37. The minimum atomic E-state index is -5.00. The monoisotopic (exact) mass is 636 g/mol. The second kappa shape index (κ2) is 10.3. The molecule has 5 aromatic rings. The Morgan fingerprint density at radius 3 is 2.34 bits per heavy atom. The molecule has 0 N–H and O–H groups in total. The molecule has 1 aliphatic carbocycles. The number of aromatic nitrogens is 6. The SMILES string of the molecule is CCP(C)(=O)c1ccc(-c2nc(-c3cccc4nn(-c5cc(C(F)(F)F)n(C)n5)cc34)c(C3CC3)n2C)c(OC(F)(F)F)c1. The van der Waals surface area contributed by atoms with Gasteiger partial charge in [0.05, 0.1) is 16.8 Å². The molecule has 3 aromatic heterocycles. The van der Waals surface area contributed by atoms with Gasteiger partial charge in [-0.15, -0.1) is 13.2 Å². The molecule has 44 heavy (non-hydrogen) atoms. The Bertz CT molecular complexity index is 1950. The van der Waals surface area contributed by atoms with Crippen LogP contribution in [0.15, 0.2) is 48.7 Å². The van der Waals surface area contributed by atoms with E-state index >= 15 is 0 Å². The summed E-state index contributed by atoms with van der Waals surface area (Å²) in [4.78, 5) is 4.84. The molecule has 0 amide bonds. The quantitative estimate of drug-likeness (QED) is 0.139. The average Bonchev–Trinajstić information content (AvgIpc) is 3.38. The van der Waals surface area contributed by atoms with Gasteiger partial charge in [-0.3, -0.25) is 4.68 Å². The molecule has 0 bridgehead atoms. The summed E-state index contributed by atoms with van der Waals surface area (Å²) < 4.78 is 102. The van der Waals surface area contributed by atoms with Crippen molar-refractivity contribution in [1.82, 2.24) is 29.1 Å². The maximum Gasteiger partial charge on any atom is 0.573 e. The molecule has 1 saturated carbocycles. The summed E-state index contributed by atoms with van der Waals surface area (Å²) in [6, 6.07) is 10.3. The molecule has 1 unspecified atom stereocenters. The van der Waals surface area contributed by atoms with Crippen LogP contribution in [-0.4, -0.2) is 48.3 Å². The van der Waals surface area contributed by atoms with Gasteiger partial charge in [0.15, 0.2) is 5.82 Å². The highest BCUT2D eigenvalue weighted by Crippen LogP contribution is 2.48. The first kappa shape index (κ1) is 30.0. The number of fused-ring (bicyclic) bond motifs is 1. The van der Waals surface area contributed by atoms with Crippen LogP contribution in [-0.2, 0) is 24.8 Å². The summed E-state index contributed by atoms with van der Waals surface area (Å²) in [5, 5.41) is 9.27. The predicted octanol–water partition coefficient (Wildman–Crippen LogP) is 7.26. The van der Waals surface area contributed by atoms with Gasteiger partial charge in [-0.05, 0) is 37.7 Å². The van der Waals surface area contributed by atoms with Gasteiger partial charge in [0.1, 0.15) is 24.4 Å². The predicted molar refractivity (Wildman–Crippen MR) is 153 cm³/mol. The van der Waals surface area contributed by atoms with Gasteiger partial charge in [0.25, 0.3) is 0 Å². The number of hydrogen-bond donors (Lipinski definition) is 0. The van der Waals surface area contributed by atoms with Crippen LogP contribution >= 0.6 is 7.14 Å². The molecule has 1 atom stereocenters. The Kier molecular flexibility index (Phi) is 6.99. The van der Waals surface area contributed by atoms with E-state index in [2.05, 4.69) is 14.9 Å². The smallest absolute Gasteiger partial charge is 0.405 e. The molecule has 0 radical (unpaired) electrons. The highest BCUT2D eigenvalue weighted by atomic mass is 31.2. The zero-order chi connectivity index (χ0) is 31.8. The largest absolute Gasteiger partial charge is 0.573 e. The third-order valence-electron chi connectivity index (χ3n) is 7.88. The summed E-state index contributed by atoms with van der Waals surface area (Å²) in [6.07, 6.45) is -6.05. The van der Waals surface area contributed by atoms with Crippen LogP contribution in [0.3, 0.4) is 0 Å². The van der Waals surface area contributed by atoms with Crippen LogP contribution in [0.2, 0.25) is 0 Å². The van der Waals surface area contributed by atoms with E-state index < -0.39 is 31.1 Å². The molecule has 2 aromatic carbocycles. The number of nitrogens with zero attached hydrogens (tertiary/aromatic N) is 6. The second-order valence-corrected chi connectivity index (χ2v) is 14.3. The number of alkyl halides is 6. The molecule has 15 heteroatoms. The Morgan fingerprint density at radius 1 is 1.00 bits per heavy atom. The van der Waals surface area contributed by atoms with E-state index in [0.29, 0.717) is 22.2 Å². The van der Waals surface area contributed by atoms with Crippen molar-refractivity contribution >= 4 is 23.3 Å². The topological polar surface area (TPSA) is 79.8 Å². The molecular formula is C29H27F6N6O2P. The molecule has 0 spiro atoms. The number of rotatable bonds is 7. The van der Waals surface area contributed by atoms with Crippen molar-refractivity contribution in [2.75, 3.05) is 12.8 Å². The fourth-order valence-electron chi connectivity index (χ4n) is 5.35. The van der Waals surface area contributed by atoms with Gasteiger partial charge in [0, 0.05) is 60.4 Å². The lowest BCUT2D eigenvalue weighted by Crippen LogP contribution is -2.19. The normalized spacial score (nSPS) is 15.6. The number of imidazole rings is 1. The molecule has 0 aliphatic heterocycles. The Morgan fingerprint density at radius 2 is 1.73 bits per heavy atom. The average molecular weight is 637 g/mol. The number of hydrogen-bond acceptors (Lipinski definition) is 5. The Labute approximate surface area is 247 Å². The van der Waals surface area contributed by atoms with E-state index in [4.69, 9.17) is 4.98 Å². The Hall–Kier alpha value is -4.06. The summed E-state index contributed by atoms with van der Waals surface area (Å²) in [6.45, 7) is 3.22. The molecular weight excluding hydrogens is 609 g/mol. The van der Waals surface area contributed by atoms with Gasteiger partial charge in [-0.1, -0.05) is 25.1 Å². The first-order chi connectivity index (χ1) is 20.6. The first-order valence-corrected chi connectivity index (χ1v) is 16.1. The van der Waals surface area contributed by atoms with E-state index in [-0.39, 0.29) is 34.6 Å². The van der Waals surface area contributed by atoms with Gasteiger partial charge in [-0.25, -0.2) is 9.67 Å². The maximum atomic E-state index is 13.5. The molecule has 6 rings (SSSR count). The lowest BCUT2D eigenvalue weighted by molar-refractivity contribution is -0.274. The number of benzene rings is 2. The van der Waals surface area contributed by atoms with Crippen molar-refractivity contribution in [3.63, 3.8) is 0 Å². The van der Waals surface area contributed by atoms with Gasteiger partial charge >= 0.3 is 12.5 Å². The van der Waals surface area contributed by atoms with Gasteiger partial charge in [-0.2, -0.15) is 23.4 Å². The van der Waals surface area contributed by atoms with Crippen molar-refractivity contribution in [1.29, 1.82) is 0 Å². The van der Waals surface area contributed by atoms with Crippen LogP contribution in [0.1, 0.15) is 37.1 Å². The summed E-state index contributed by atoms with van der Waals surface area (Å²) in [5.74, 6) is -0.206. The van der Waals surface area contributed by atoms with E-state index in [0.717, 1.165) is 29.3 Å². The number of ether oxygens (including phenoxy) is 1. The second-order valence-electron chi connectivity index (χ2n) is 11.0. The summed E-state index contributed by atoms with van der Waals surface area (Å²) >= 11 is 0. The molecule has 3 heterocycles. The molecule has 1 fully saturated rings. The zero-order valence-corrected chi connectivity index (χ0v) is 24.9. The van der Waals surface area contributed by atoms with E-state index in [9.17, 15) is 30.9 Å². The maximum absolute atomic E-state index is 13.5. The lowest BCUT2D eigenvalue weighted by Gasteiger charge is -2.17. The van der Waals surface area contributed by atoms with E-state index in [1.54, 1.807) is 49.0 Å². The molecule has 8 nitrogen and oxygen atoms in total. The molecule has 0 saturated heterocycles. The van der Waals surface area contributed by atoms with Crippen molar-refractivity contribution < 1.29 is 35.6 Å². The zero-order valence-electron chi connectivity index (χ0n) is 24.0. The van der Waals surface area contributed by atoms with Crippen LogP contribution < -0.4 is 10.0 Å². The van der Waals surface area contributed by atoms with Crippen LogP contribution in [0.5, 0.6) is 5.75 Å². The van der Waals surface area contributed by atoms with Crippen molar-refractivity contribution in [2.45, 2.75) is 38.2 Å². The van der Waals surface area contributed by atoms with Crippen molar-refractivity contribution in [3.05, 3.63) is 60.0 Å². The summed E-state index contributed by atoms with van der Waals surface area (Å²) in [7, 11) is 0.00368. The first-order valence-electron chi connectivity index (χ1n) is 13.7. The lowest BCUT2D eigenvalue weighted by atomic mass is 10.0. The highest BCUT2D eigenvalue weighted by molar-refractivity contribution is 7.70. The standard InChI is InChI=1S/C29H27F6N6O2P/c1-5-44(4,42)17-11-12-19(22(13-17)43-29(33,34)35)27-36-25(26(39(27)2)16-9-10-16)18-7-6-8-21-20(18)15-41(37-21)24-14-23(28(30,31)32)40(3)38-24/h6-8,11-16H,5,9-10H2,1-4H3. The minimum Gasteiger partial charge on any atom is -0.405 e. The fraction of sp³-hybridized carbons (Fsp3) is 0.345. The fourth-order valence-corrected chi connectivity index (χ4v) is 6.50. The minimum absolute atomic E-state index is 0.0274. The van der Waals surface area contributed by atoms with E-state index in [1.807, 2.05) is 0 Å². The van der Waals surface area contributed by atoms with Crippen molar-refractivity contribution in [2.24, 2.45) is 14.1 Å². The summed E-state index contributed by atoms with van der Waals surface area (Å²) in [5.41, 5.74) is 1.55. The van der Waals surface area contributed by atoms with Crippen molar-refractivity contribution in [3.8, 4) is 34.2 Å².